The number of fused-ring (bicyclic) bond motifs is 1. The molecule has 5 heteroatoms. The Morgan fingerprint density at radius 2 is 0.907 bits per heavy atom. The van der Waals surface area contributed by atoms with Crippen molar-refractivity contribution in [3.8, 4) is 44.5 Å². The van der Waals surface area contributed by atoms with Crippen molar-refractivity contribution >= 4 is 41.8 Å². The van der Waals surface area contributed by atoms with Gasteiger partial charge in [-0.1, -0.05) is 170 Å². The number of aromatic nitrogens is 1. The Kier molecular flexibility index (Phi) is 8.74. The average Bonchev–Trinajstić information content (AvgIpc) is 3.62. The van der Waals surface area contributed by atoms with Gasteiger partial charge in [-0.3, -0.25) is 4.81 Å². The molecule has 1 aliphatic heterocycles. The maximum atomic E-state index is 4.02. The third kappa shape index (κ3) is 6.00. The number of nitrogens with zero attached hydrogens (tertiary/aromatic N) is 3. The third-order valence-electron chi connectivity index (χ3n) is 10.4. The fraction of sp³-hybridized carbons (Fsp3) is 0.0408. The molecule has 0 saturated carbocycles. The molecule has 1 N–H and O–H groups in total. The highest BCUT2D eigenvalue weighted by atomic mass is 15.3. The number of rotatable bonds is 8. The summed E-state index contributed by atoms with van der Waals surface area (Å²) in [5.41, 5.74) is 16.3. The summed E-state index contributed by atoms with van der Waals surface area (Å²) >= 11 is 0. The molecule has 0 atom stereocenters. The van der Waals surface area contributed by atoms with Crippen LogP contribution in [0.3, 0.4) is 0 Å². The van der Waals surface area contributed by atoms with Crippen molar-refractivity contribution in [2.75, 3.05) is 14.9 Å². The lowest BCUT2D eigenvalue weighted by Crippen LogP contribution is -2.40. The van der Waals surface area contributed by atoms with Crippen molar-refractivity contribution in [2.45, 2.75) is 6.92 Å². The first-order chi connectivity index (χ1) is 26.7. The van der Waals surface area contributed by atoms with Crippen LogP contribution in [0.1, 0.15) is 5.56 Å². The van der Waals surface area contributed by atoms with Crippen molar-refractivity contribution in [1.82, 2.24) is 0 Å². The van der Waals surface area contributed by atoms with Gasteiger partial charge in [-0.05, 0) is 52.9 Å². The number of para-hydroxylation sites is 3. The van der Waals surface area contributed by atoms with Gasteiger partial charge in [0.1, 0.15) is 11.4 Å². The maximum absolute atomic E-state index is 4.02. The standard InChI is InChI=1S/C49H40BN4/c1-35-19-15-33-45-47(35)54(50-53(45)48-42(38-24-11-5-12-25-38)30-17-31-43(48)39-26-13-6-14-27-39)49-44(32-18-34-52(49)2)51-46-40(36-20-7-3-8-21-36)28-16-29-41(46)37-22-9-4-10-23-37/h3-34,50-51H,1-2H3/q+1. The Balaban J connectivity index is 1.23. The summed E-state index contributed by atoms with van der Waals surface area (Å²) in [6, 6.07) is 67.2. The van der Waals surface area contributed by atoms with Crippen LogP contribution >= 0.6 is 0 Å². The molecule has 8 aromatic rings. The van der Waals surface area contributed by atoms with E-state index in [9.17, 15) is 0 Å². The van der Waals surface area contributed by atoms with Gasteiger partial charge in [0.15, 0.2) is 0 Å². The largest absolute Gasteiger partial charge is 0.488 e. The van der Waals surface area contributed by atoms with Crippen LogP contribution in [0.4, 0.5) is 34.3 Å². The summed E-state index contributed by atoms with van der Waals surface area (Å²) in [5.74, 6) is 1.08. The van der Waals surface area contributed by atoms with Crippen LogP contribution in [-0.2, 0) is 7.05 Å². The van der Waals surface area contributed by atoms with E-state index in [1.165, 1.54) is 56.0 Å². The second kappa shape index (κ2) is 14.3. The molecule has 7 aromatic carbocycles. The van der Waals surface area contributed by atoms with E-state index in [1.807, 2.05) is 0 Å². The lowest BCUT2D eigenvalue weighted by Gasteiger charge is -2.25. The minimum Gasteiger partial charge on any atom is -0.348 e. The van der Waals surface area contributed by atoms with Gasteiger partial charge in [0.25, 0.3) is 5.82 Å². The van der Waals surface area contributed by atoms with Crippen molar-refractivity contribution in [3.05, 3.63) is 200 Å². The van der Waals surface area contributed by atoms with Crippen LogP contribution < -0.4 is 19.5 Å². The molecule has 54 heavy (non-hydrogen) atoms. The quantitative estimate of drug-likeness (QED) is 0.126. The molecule has 1 aromatic heterocycles. The van der Waals surface area contributed by atoms with Gasteiger partial charge >= 0.3 is 7.55 Å². The van der Waals surface area contributed by atoms with Gasteiger partial charge in [0.2, 0.25) is 0 Å². The molecule has 0 bridgehead atoms. The number of nitrogens with one attached hydrogen (secondary N) is 1. The van der Waals surface area contributed by atoms with Crippen LogP contribution in [0, 0.1) is 6.92 Å². The summed E-state index contributed by atoms with van der Waals surface area (Å²) in [5, 5.41) is 4.02. The fourth-order valence-electron chi connectivity index (χ4n) is 7.98. The Bertz CT molecular complexity index is 2460. The topological polar surface area (TPSA) is 22.4 Å². The van der Waals surface area contributed by atoms with Gasteiger partial charge < -0.3 is 10.1 Å². The number of pyridine rings is 1. The predicted octanol–water partition coefficient (Wildman–Crippen LogP) is 11.8. The molecule has 2 heterocycles. The third-order valence-corrected chi connectivity index (χ3v) is 10.4. The van der Waals surface area contributed by atoms with E-state index < -0.39 is 0 Å². The van der Waals surface area contributed by atoms with Crippen LogP contribution in [-0.4, -0.2) is 7.55 Å². The smallest absolute Gasteiger partial charge is 0.348 e. The molecule has 9 rings (SSSR count). The molecule has 0 radical (unpaired) electrons. The monoisotopic (exact) mass is 695 g/mol. The Morgan fingerprint density at radius 3 is 1.43 bits per heavy atom. The zero-order valence-electron chi connectivity index (χ0n) is 30.5. The molecule has 0 amide bonds. The van der Waals surface area contributed by atoms with Crippen LogP contribution in [0.15, 0.2) is 194 Å². The number of hydrogen-bond acceptors (Lipinski definition) is 3. The summed E-state index contributed by atoms with van der Waals surface area (Å²) in [4.78, 5) is 4.99. The molecule has 4 nitrogen and oxygen atoms in total. The SMILES string of the molecule is Cc1cccc2c1N(c1c(Nc3c(-c4ccccc4)cccc3-c3ccccc3)ccc[n+]1C)BN2c1c(-c2ccccc2)cccc1-c1ccccc1. The molecule has 0 unspecified atom stereocenters. The minimum absolute atomic E-state index is 0.627. The molecular formula is C49H40BN4+. The van der Waals surface area contributed by atoms with Crippen LogP contribution in [0.25, 0.3) is 44.5 Å². The van der Waals surface area contributed by atoms with Gasteiger partial charge in [-0.25, -0.2) is 4.57 Å². The number of hydrogen-bond donors (Lipinski definition) is 1. The van der Waals surface area contributed by atoms with Crippen LogP contribution in [0.5, 0.6) is 0 Å². The molecule has 0 saturated heterocycles. The summed E-state index contributed by atoms with van der Waals surface area (Å²) in [6.45, 7) is 2.23. The highest BCUT2D eigenvalue weighted by Gasteiger charge is 2.42. The predicted molar refractivity (Wildman–Crippen MR) is 228 cm³/mol. The second-order valence-electron chi connectivity index (χ2n) is 13.8. The van der Waals surface area contributed by atoms with Crippen molar-refractivity contribution in [1.29, 1.82) is 0 Å². The van der Waals surface area contributed by atoms with Crippen molar-refractivity contribution in [3.63, 3.8) is 0 Å². The number of aryl methyl sites for hydroxylation is 2. The molecule has 0 fully saturated rings. The zero-order chi connectivity index (χ0) is 36.4. The highest BCUT2D eigenvalue weighted by molar-refractivity contribution is 6.56. The first kappa shape index (κ1) is 33.0. The van der Waals surface area contributed by atoms with E-state index in [-0.39, 0.29) is 0 Å². The van der Waals surface area contributed by atoms with E-state index >= 15 is 0 Å². The van der Waals surface area contributed by atoms with E-state index in [2.05, 4.69) is 228 Å². The first-order valence-electron chi connectivity index (χ1n) is 18.5. The molecule has 258 valence electrons. The van der Waals surface area contributed by atoms with Crippen LogP contribution in [0.2, 0.25) is 0 Å². The lowest BCUT2D eigenvalue weighted by molar-refractivity contribution is -0.657. The average molecular weight is 696 g/mol. The van der Waals surface area contributed by atoms with E-state index in [4.69, 9.17) is 0 Å². The Morgan fingerprint density at radius 1 is 0.444 bits per heavy atom. The second-order valence-corrected chi connectivity index (χ2v) is 13.8. The summed E-state index contributed by atoms with van der Waals surface area (Å²) in [7, 11) is 2.78. The molecule has 1 aliphatic rings. The van der Waals surface area contributed by atoms with Gasteiger partial charge in [0, 0.05) is 27.9 Å². The number of anilines is 6. The summed E-state index contributed by atoms with van der Waals surface area (Å²) in [6.07, 6.45) is 2.15. The van der Waals surface area contributed by atoms with Gasteiger partial charge in [-0.2, -0.15) is 0 Å². The lowest BCUT2D eigenvalue weighted by atomic mass is 9.92. The van der Waals surface area contributed by atoms with Gasteiger partial charge in [-0.15, -0.1) is 0 Å². The highest BCUT2D eigenvalue weighted by Crippen LogP contribution is 2.51. The maximum Gasteiger partial charge on any atom is 0.488 e. The normalized spacial score (nSPS) is 12.0. The van der Waals surface area contributed by atoms with Crippen molar-refractivity contribution < 1.29 is 4.57 Å². The zero-order valence-corrected chi connectivity index (χ0v) is 30.5. The fourth-order valence-corrected chi connectivity index (χ4v) is 7.98. The Labute approximate surface area is 318 Å². The molecular weight excluding hydrogens is 655 g/mol. The van der Waals surface area contributed by atoms with E-state index in [0.29, 0.717) is 7.55 Å². The first-order valence-corrected chi connectivity index (χ1v) is 18.5. The Hall–Kier alpha value is -6.85. The molecule has 0 spiro atoms. The van der Waals surface area contributed by atoms with Crippen molar-refractivity contribution in [2.24, 2.45) is 7.05 Å². The summed E-state index contributed by atoms with van der Waals surface area (Å²) < 4.78 is 2.25. The number of benzene rings is 7. The molecule has 0 aliphatic carbocycles. The van der Waals surface area contributed by atoms with Gasteiger partial charge in [0.05, 0.1) is 24.6 Å². The van der Waals surface area contributed by atoms with E-state index in [0.717, 1.165) is 28.3 Å². The van der Waals surface area contributed by atoms with E-state index in [1.54, 1.807) is 0 Å². The minimum atomic E-state index is 0.627.